The minimum Gasteiger partial charge on any atom is -0.127 e. The van der Waals surface area contributed by atoms with Gasteiger partial charge in [0, 0.05) is 20.5 Å². The van der Waals surface area contributed by atoms with Crippen LogP contribution in [0.15, 0.2) is 24.3 Å². The molecule has 5 heteroatoms. The summed E-state index contributed by atoms with van der Waals surface area (Å²) in [5.41, 5.74) is 1.95. The number of aryl methyl sites for hydroxylation is 1. The van der Waals surface area contributed by atoms with Crippen LogP contribution in [0.1, 0.15) is 20.8 Å². The Labute approximate surface area is 128 Å². The van der Waals surface area contributed by atoms with Gasteiger partial charge in [0.05, 0.1) is 9.16 Å². The number of halogens is 4. The van der Waals surface area contributed by atoms with Gasteiger partial charge in [-0.25, -0.2) is 0 Å². The molecule has 0 amide bonds. The summed E-state index contributed by atoms with van der Waals surface area (Å²) in [6.07, 6.45) is 0. The molecular formula is C12H8BrCl3S. The predicted octanol–water partition coefficient (Wildman–Crippen LogP) is 6.50. The molecule has 0 spiro atoms. The highest BCUT2D eigenvalue weighted by Gasteiger charge is 2.19. The second-order valence-electron chi connectivity index (χ2n) is 3.60. The lowest BCUT2D eigenvalue weighted by Crippen LogP contribution is -1.92. The molecule has 0 nitrogen and oxygen atoms in total. The summed E-state index contributed by atoms with van der Waals surface area (Å²) in [7, 11) is 0. The third kappa shape index (κ3) is 2.82. The predicted molar refractivity (Wildman–Crippen MR) is 81.3 cm³/mol. The first-order valence-electron chi connectivity index (χ1n) is 4.84. The van der Waals surface area contributed by atoms with Crippen LogP contribution in [0.5, 0.6) is 0 Å². The Kier molecular flexibility index (Phi) is 4.43. The molecule has 0 bridgehead atoms. The molecule has 0 N–H and O–H groups in total. The smallest absolute Gasteiger partial charge is 0.0960 e. The zero-order chi connectivity index (χ0) is 12.6. The van der Waals surface area contributed by atoms with Crippen molar-refractivity contribution in [1.29, 1.82) is 0 Å². The van der Waals surface area contributed by atoms with E-state index >= 15 is 0 Å². The van der Waals surface area contributed by atoms with E-state index in [0.29, 0.717) is 10.0 Å². The maximum Gasteiger partial charge on any atom is 0.0960 e. The second-order valence-corrected chi connectivity index (χ2v) is 7.02. The van der Waals surface area contributed by atoms with Gasteiger partial charge in [0.15, 0.2) is 0 Å². The van der Waals surface area contributed by atoms with E-state index in [9.17, 15) is 0 Å². The molecular weight excluding hydrogens is 362 g/mol. The van der Waals surface area contributed by atoms with Crippen molar-refractivity contribution in [3.05, 3.63) is 54.7 Å². The quantitative estimate of drug-likeness (QED) is 0.529. The van der Waals surface area contributed by atoms with Crippen molar-refractivity contribution in [2.24, 2.45) is 0 Å². The molecule has 2 rings (SSSR count). The summed E-state index contributed by atoms with van der Waals surface area (Å²) in [6.45, 7) is 1.98. The highest BCUT2D eigenvalue weighted by atomic mass is 79.9. The molecule has 90 valence electrons. The van der Waals surface area contributed by atoms with Gasteiger partial charge >= 0.3 is 0 Å². The van der Waals surface area contributed by atoms with Crippen LogP contribution in [-0.2, 0) is 0 Å². The summed E-state index contributed by atoms with van der Waals surface area (Å²) < 4.78 is 0.799. The highest BCUT2D eigenvalue weighted by molar-refractivity contribution is 9.09. The van der Waals surface area contributed by atoms with Gasteiger partial charge in [-0.3, -0.25) is 0 Å². The lowest BCUT2D eigenvalue weighted by molar-refractivity contribution is 1.22. The van der Waals surface area contributed by atoms with Gasteiger partial charge in [-0.1, -0.05) is 56.8 Å². The molecule has 1 atom stereocenters. The third-order valence-electron chi connectivity index (χ3n) is 2.38. The molecule has 0 radical (unpaired) electrons. The molecule has 17 heavy (non-hydrogen) atoms. The molecule has 0 saturated heterocycles. The first-order valence-corrected chi connectivity index (χ1v) is 7.71. The van der Waals surface area contributed by atoms with Gasteiger partial charge < -0.3 is 0 Å². The first-order chi connectivity index (χ1) is 8.00. The lowest BCUT2D eigenvalue weighted by Gasteiger charge is -2.12. The van der Waals surface area contributed by atoms with Crippen LogP contribution in [-0.4, -0.2) is 0 Å². The van der Waals surface area contributed by atoms with E-state index in [0.717, 1.165) is 20.3 Å². The molecule has 1 unspecified atom stereocenters. The summed E-state index contributed by atoms with van der Waals surface area (Å²) >= 11 is 23.6. The maximum absolute atomic E-state index is 6.18. The normalized spacial score (nSPS) is 12.8. The number of hydrogen-bond acceptors (Lipinski definition) is 1. The molecule has 0 aliphatic rings. The van der Waals surface area contributed by atoms with E-state index in [1.807, 2.05) is 31.2 Å². The van der Waals surface area contributed by atoms with E-state index in [1.165, 1.54) is 11.3 Å². The van der Waals surface area contributed by atoms with Crippen molar-refractivity contribution in [2.45, 2.75) is 11.8 Å². The van der Waals surface area contributed by atoms with Crippen LogP contribution >= 0.6 is 62.1 Å². The van der Waals surface area contributed by atoms with Crippen LogP contribution in [0.3, 0.4) is 0 Å². The third-order valence-corrected chi connectivity index (χ3v) is 5.91. The Hall–Kier alpha value is 0.270. The topological polar surface area (TPSA) is 0 Å². The minimum atomic E-state index is -0.0279. The Morgan fingerprint density at radius 3 is 2.24 bits per heavy atom. The Bertz CT molecular complexity index is 511. The van der Waals surface area contributed by atoms with Gasteiger partial charge in [-0.15, -0.1) is 11.3 Å². The maximum atomic E-state index is 6.18. The van der Waals surface area contributed by atoms with Gasteiger partial charge in [0.25, 0.3) is 0 Å². The van der Waals surface area contributed by atoms with Crippen molar-refractivity contribution in [3.8, 4) is 0 Å². The fourth-order valence-electron chi connectivity index (χ4n) is 1.50. The van der Waals surface area contributed by atoms with Crippen molar-refractivity contribution in [3.63, 3.8) is 0 Å². The summed E-state index contributed by atoms with van der Waals surface area (Å²) in [5.74, 6) is 0. The molecule has 0 fully saturated rings. The summed E-state index contributed by atoms with van der Waals surface area (Å²) in [6, 6.07) is 7.55. The van der Waals surface area contributed by atoms with Crippen molar-refractivity contribution >= 4 is 62.1 Å². The number of hydrogen-bond donors (Lipinski definition) is 0. The number of benzene rings is 1. The van der Waals surface area contributed by atoms with Gasteiger partial charge in [0.2, 0.25) is 0 Å². The molecule has 2 aromatic rings. The fourth-order valence-corrected chi connectivity index (χ4v) is 4.49. The van der Waals surface area contributed by atoms with E-state index in [-0.39, 0.29) is 4.83 Å². The average Bonchev–Trinajstić information content (AvgIpc) is 2.59. The number of rotatable bonds is 2. The lowest BCUT2D eigenvalue weighted by atomic mass is 10.1. The highest BCUT2D eigenvalue weighted by Crippen LogP contribution is 2.43. The monoisotopic (exact) mass is 368 g/mol. The van der Waals surface area contributed by atoms with Crippen LogP contribution < -0.4 is 0 Å². The molecule has 1 aromatic heterocycles. The van der Waals surface area contributed by atoms with E-state index in [1.54, 1.807) is 0 Å². The Balaban J connectivity index is 2.47. The van der Waals surface area contributed by atoms with Crippen molar-refractivity contribution in [1.82, 2.24) is 0 Å². The van der Waals surface area contributed by atoms with Crippen LogP contribution in [0.25, 0.3) is 0 Å². The molecule has 0 aliphatic heterocycles. The number of thiophene rings is 1. The van der Waals surface area contributed by atoms with E-state index in [2.05, 4.69) is 15.9 Å². The molecule has 1 aromatic carbocycles. The average molecular weight is 371 g/mol. The Morgan fingerprint density at radius 2 is 1.76 bits per heavy atom. The molecule has 0 aliphatic carbocycles. The van der Waals surface area contributed by atoms with Crippen LogP contribution in [0.2, 0.25) is 14.4 Å². The standard InChI is InChI=1S/C12H8BrCl3S/c1-6-5-9(17-12(6)16)11(13)10-7(14)3-2-4-8(10)15/h2-5,11H,1H3. The zero-order valence-electron chi connectivity index (χ0n) is 8.81. The number of alkyl halides is 1. The molecule has 1 heterocycles. The fraction of sp³-hybridized carbons (Fsp3) is 0.167. The van der Waals surface area contributed by atoms with Crippen LogP contribution in [0, 0.1) is 6.92 Å². The van der Waals surface area contributed by atoms with Crippen molar-refractivity contribution < 1.29 is 0 Å². The Morgan fingerprint density at radius 1 is 1.18 bits per heavy atom. The minimum absolute atomic E-state index is 0.0279. The molecule has 0 saturated carbocycles. The largest absolute Gasteiger partial charge is 0.127 e. The van der Waals surface area contributed by atoms with Crippen LogP contribution in [0.4, 0.5) is 0 Å². The summed E-state index contributed by atoms with van der Waals surface area (Å²) in [5, 5.41) is 1.31. The van der Waals surface area contributed by atoms with Gasteiger partial charge in [-0.2, -0.15) is 0 Å². The van der Waals surface area contributed by atoms with Crippen molar-refractivity contribution in [2.75, 3.05) is 0 Å². The van der Waals surface area contributed by atoms with E-state index < -0.39 is 0 Å². The van der Waals surface area contributed by atoms with E-state index in [4.69, 9.17) is 34.8 Å². The summed E-state index contributed by atoms with van der Waals surface area (Å²) in [4.78, 5) is 1.07. The SMILES string of the molecule is Cc1cc(C(Br)c2c(Cl)cccc2Cl)sc1Cl. The zero-order valence-corrected chi connectivity index (χ0v) is 13.5. The second kappa shape index (κ2) is 5.50. The first kappa shape index (κ1) is 13.7. The van der Waals surface area contributed by atoms with Gasteiger partial charge in [0.1, 0.15) is 0 Å². The van der Waals surface area contributed by atoms with Gasteiger partial charge in [-0.05, 0) is 30.7 Å².